The number of rotatable bonds is 4. The van der Waals surface area contributed by atoms with Crippen molar-refractivity contribution in [1.29, 1.82) is 0 Å². The van der Waals surface area contributed by atoms with Crippen LogP contribution in [0.3, 0.4) is 0 Å². The van der Waals surface area contributed by atoms with Gasteiger partial charge >= 0.3 is 5.97 Å². The van der Waals surface area contributed by atoms with E-state index in [0.29, 0.717) is 5.92 Å². The molecule has 4 unspecified atom stereocenters. The highest BCUT2D eigenvalue weighted by Gasteiger charge is 2.63. The fourth-order valence-electron chi connectivity index (χ4n) is 4.01. The van der Waals surface area contributed by atoms with E-state index in [2.05, 4.69) is 27.7 Å². The Hall–Kier alpha value is -0.570. The Morgan fingerprint density at radius 3 is 2.47 bits per heavy atom. The van der Waals surface area contributed by atoms with Crippen molar-refractivity contribution in [3.05, 3.63) is 0 Å². The van der Waals surface area contributed by atoms with Gasteiger partial charge in [-0.15, -0.1) is 0 Å². The van der Waals surface area contributed by atoms with Gasteiger partial charge in [0.05, 0.1) is 0 Å². The molecule has 0 aromatic rings. The van der Waals surface area contributed by atoms with E-state index in [1.54, 1.807) is 0 Å². The van der Waals surface area contributed by atoms with Gasteiger partial charge in [-0.2, -0.15) is 0 Å². The summed E-state index contributed by atoms with van der Waals surface area (Å²) in [4.78, 5) is 12.2. The molecule has 2 fully saturated rings. The topological polar surface area (TPSA) is 52.3 Å². The number of carbonyl (C=O) groups is 1. The summed E-state index contributed by atoms with van der Waals surface area (Å²) in [7, 11) is 0. The second kappa shape index (κ2) is 4.76. The van der Waals surface area contributed by atoms with Gasteiger partial charge in [0.1, 0.15) is 12.1 Å². The molecule has 3 nitrogen and oxygen atoms in total. The van der Waals surface area contributed by atoms with E-state index in [9.17, 15) is 4.79 Å². The molecular formula is C16H29NO2. The Kier molecular flexibility index (Phi) is 3.72. The standard InChI is InChI=1S/C16H29NO2/c1-6-10(2)13(17)14(18)19-12-9-11-7-8-16(12,5)15(11,3)4/h10-13H,6-9,17H2,1-5H3/t10?,11?,12?,13-,16?/m0/s1. The van der Waals surface area contributed by atoms with Gasteiger partial charge in [-0.3, -0.25) is 4.79 Å². The lowest BCUT2D eigenvalue weighted by Crippen LogP contribution is -2.44. The van der Waals surface area contributed by atoms with Crippen molar-refractivity contribution in [3.8, 4) is 0 Å². The maximum absolute atomic E-state index is 12.2. The highest BCUT2D eigenvalue weighted by atomic mass is 16.5. The number of carbonyl (C=O) groups excluding carboxylic acids is 1. The normalized spacial score (nSPS) is 39.1. The molecule has 2 N–H and O–H groups in total. The summed E-state index contributed by atoms with van der Waals surface area (Å²) >= 11 is 0. The number of fused-ring (bicyclic) bond motifs is 2. The van der Waals surface area contributed by atoms with Gasteiger partial charge in [0.15, 0.2) is 0 Å². The van der Waals surface area contributed by atoms with Crippen molar-refractivity contribution in [2.24, 2.45) is 28.4 Å². The van der Waals surface area contributed by atoms with Gasteiger partial charge in [-0.05, 0) is 36.5 Å². The van der Waals surface area contributed by atoms with E-state index in [1.165, 1.54) is 12.8 Å². The van der Waals surface area contributed by atoms with Crippen molar-refractivity contribution in [1.82, 2.24) is 0 Å². The van der Waals surface area contributed by atoms with Crippen molar-refractivity contribution >= 4 is 5.97 Å². The Labute approximate surface area is 117 Å². The van der Waals surface area contributed by atoms with Crippen LogP contribution in [0.5, 0.6) is 0 Å². The first-order valence-corrected chi connectivity index (χ1v) is 7.70. The maximum atomic E-state index is 12.2. The average molecular weight is 267 g/mol. The lowest BCUT2D eigenvalue weighted by molar-refractivity contribution is -0.159. The highest BCUT2D eigenvalue weighted by Crippen LogP contribution is 2.66. The van der Waals surface area contributed by atoms with E-state index >= 15 is 0 Å². The molecule has 3 heteroatoms. The Morgan fingerprint density at radius 1 is 1.42 bits per heavy atom. The molecule has 0 aromatic carbocycles. The van der Waals surface area contributed by atoms with Crippen LogP contribution >= 0.6 is 0 Å². The van der Waals surface area contributed by atoms with Gasteiger partial charge < -0.3 is 10.5 Å². The highest BCUT2D eigenvalue weighted by molar-refractivity contribution is 5.76. The molecule has 2 bridgehead atoms. The molecular weight excluding hydrogens is 238 g/mol. The summed E-state index contributed by atoms with van der Waals surface area (Å²) < 4.78 is 5.80. The van der Waals surface area contributed by atoms with Crippen LogP contribution in [0.1, 0.15) is 60.3 Å². The fraction of sp³-hybridized carbons (Fsp3) is 0.938. The summed E-state index contributed by atoms with van der Waals surface area (Å²) in [6.07, 6.45) is 4.43. The molecule has 19 heavy (non-hydrogen) atoms. The van der Waals surface area contributed by atoms with Gasteiger partial charge in [-0.1, -0.05) is 41.0 Å². The van der Waals surface area contributed by atoms with Crippen molar-refractivity contribution in [2.75, 3.05) is 0 Å². The molecule has 0 saturated heterocycles. The fourth-order valence-corrected chi connectivity index (χ4v) is 4.01. The summed E-state index contributed by atoms with van der Waals surface area (Å²) in [6.45, 7) is 11.0. The smallest absolute Gasteiger partial charge is 0.323 e. The van der Waals surface area contributed by atoms with E-state index in [4.69, 9.17) is 10.5 Å². The zero-order valence-electron chi connectivity index (χ0n) is 13.0. The molecule has 2 saturated carbocycles. The minimum atomic E-state index is -0.476. The average Bonchev–Trinajstić information content (AvgIpc) is 2.69. The third-order valence-corrected chi connectivity index (χ3v) is 6.50. The first kappa shape index (κ1) is 14.8. The van der Waals surface area contributed by atoms with Crippen molar-refractivity contribution in [2.45, 2.75) is 72.4 Å². The number of nitrogens with two attached hydrogens (primary N) is 1. The van der Waals surface area contributed by atoms with E-state index < -0.39 is 6.04 Å². The molecule has 0 heterocycles. The summed E-state index contributed by atoms with van der Waals surface area (Å²) in [5.41, 5.74) is 6.39. The van der Waals surface area contributed by atoms with Gasteiger partial charge in [0.2, 0.25) is 0 Å². The first-order chi connectivity index (χ1) is 8.74. The molecule has 110 valence electrons. The van der Waals surface area contributed by atoms with Crippen LogP contribution in [-0.4, -0.2) is 18.1 Å². The zero-order chi connectivity index (χ0) is 14.4. The van der Waals surface area contributed by atoms with E-state index in [0.717, 1.165) is 12.8 Å². The van der Waals surface area contributed by atoms with Crippen LogP contribution in [0.2, 0.25) is 0 Å². The largest absolute Gasteiger partial charge is 0.461 e. The number of esters is 1. The monoisotopic (exact) mass is 267 g/mol. The molecule has 0 aromatic heterocycles. The van der Waals surface area contributed by atoms with E-state index in [1.807, 2.05) is 6.92 Å². The Balaban J connectivity index is 2.04. The quantitative estimate of drug-likeness (QED) is 0.796. The van der Waals surface area contributed by atoms with Crippen LogP contribution in [-0.2, 0) is 9.53 Å². The van der Waals surface area contributed by atoms with Gasteiger partial charge in [0, 0.05) is 5.41 Å². The minimum Gasteiger partial charge on any atom is -0.461 e. The predicted molar refractivity (Wildman–Crippen MR) is 76.5 cm³/mol. The molecule has 2 rings (SSSR count). The lowest BCUT2D eigenvalue weighted by Gasteiger charge is -2.38. The maximum Gasteiger partial charge on any atom is 0.323 e. The second-order valence-electron chi connectivity index (χ2n) is 7.45. The van der Waals surface area contributed by atoms with Crippen molar-refractivity contribution in [3.63, 3.8) is 0 Å². The van der Waals surface area contributed by atoms with Crippen LogP contribution in [0.15, 0.2) is 0 Å². The predicted octanol–water partition coefficient (Wildman–Crippen LogP) is 3.12. The Bertz CT molecular complexity index is 366. The van der Waals surface area contributed by atoms with Gasteiger partial charge in [-0.25, -0.2) is 0 Å². The van der Waals surface area contributed by atoms with Gasteiger partial charge in [0.25, 0.3) is 0 Å². The third kappa shape index (κ3) is 2.10. The van der Waals surface area contributed by atoms with Crippen LogP contribution in [0.25, 0.3) is 0 Å². The van der Waals surface area contributed by atoms with Crippen molar-refractivity contribution < 1.29 is 9.53 Å². The minimum absolute atomic E-state index is 0.0591. The van der Waals surface area contributed by atoms with Crippen LogP contribution in [0.4, 0.5) is 0 Å². The summed E-state index contributed by atoms with van der Waals surface area (Å²) in [5, 5.41) is 0. The molecule has 0 aliphatic heterocycles. The molecule has 2 aliphatic rings. The lowest BCUT2D eigenvalue weighted by atomic mass is 9.70. The SMILES string of the molecule is CCC(C)[C@H](N)C(=O)OC1CC2CCC1(C)C2(C)C. The number of ether oxygens (including phenoxy) is 1. The van der Waals surface area contributed by atoms with Crippen LogP contribution < -0.4 is 5.73 Å². The first-order valence-electron chi connectivity index (χ1n) is 7.70. The van der Waals surface area contributed by atoms with E-state index in [-0.39, 0.29) is 28.8 Å². The molecule has 0 radical (unpaired) electrons. The molecule has 2 aliphatic carbocycles. The second-order valence-corrected chi connectivity index (χ2v) is 7.45. The molecule has 0 amide bonds. The zero-order valence-corrected chi connectivity index (χ0v) is 13.0. The molecule has 0 spiro atoms. The molecule has 5 atom stereocenters. The number of hydrogen-bond acceptors (Lipinski definition) is 3. The number of hydrogen-bond donors (Lipinski definition) is 1. The van der Waals surface area contributed by atoms with Crippen LogP contribution in [0, 0.1) is 22.7 Å². The summed E-state index contributed by atoms with van der Waals surface area (Å²) in [6, 6.07) is -0.476. The third-order valence-electron chi connectivity index (χ3n) is 6.50. The Morgan fingerprint density at radius 2 is 2.05 bits per heavy atom. The summed E-state index contributed by atoms with van der Waals surface area (Å²) in [5.74, 6) is 0.672.